The largest absolute Gasteiger partial charge is 0.383 e. The van der Waals surface area contributed by atoms with Crippen LogP contribution in [0.3, 0.4) is 0 Å². The number of non-ortho nitro benzene ring substituents is 1. The van der Waals surface area contributed by atoms with Crippen LogP contribution in [0.2, 0.25) is 0 Å². The molecule has 0 aliphatic heterocycles. The lowest BCUT2D eigenvalue weighted by Crippen LogP contribution is -2.10. The molecule has 0 atom stereocenters. The van der Waals surface area contributed by atoms with E-state index < -0.39 is 4.92 Å². The predicted octanol–water partition coefficient (Wildman–Crippen LogP) is 3.71. The molecule has 0 radical (unpaired) electrons. The zero-order valence-corrected chi connectivity index (χ0v) is 13.7. The minimum absolute atomic E-state index is 0.0101. The molecule has 0 saturated heterocycles. The molecule has 7 heteroatoms. The van der Waals surface area contributed by atoms with Gasteiger partial charge in [-0.2, -0.15) is 5.10 Å². The van der Waals surface area contributed by atoms with E-state index in [1.54, 1.807) is 12.1 Å². The summed E-state index contributed by atoms with van der Waals surface area (Å²) in [5, 5.41) is 15.4. The van der Waals surface area contributed by atoms with Crippen molar-refractivity contribution >= 4 is 27.4 Å². The summed E-state index contributed by atoms with van der Waals surface area (Å²) in [6.07, 6.45) is 0.750. The van der Waals surface area contributed by atoms with Crippen molar-refractivity contribution in [1.82, 2.24) is 9.78 Å². The van der Waals surface area contributed by atoms with Crippen molar-refractivity contribution in [3.05, 3.63) is 44.5 Å². The van der Waals surface area contributed by atoms with Gasteiger partial charge in [-0.1, -0.05) is 26.8 Å². The quantitative estimate of drug-likeness (QED) is 0.673. The number of aromatic nitrogens is 2. The average molecular weight is 353 g/mol. The van der Waals surface area contributed by atoms with Crippen LogP contribution in [0.15, 0.2) is 28.7 Å². The van der Waals surface area contributed by atoms with Crippen LogP contribution in [-0.2, 0) is 6.42 Å². The van der Waals surface area contributed by atoms with Crippen molar-refractivity contribution in [3.63, 3.8) is 0 Å². The fourth-order valence-corrected chi connectivity index (χ4v) is 2.40. The monoisotopic (exact) mass is 352 g/mol. The first kappa shape index (κ1) is 15.5. The highest BCUT2D eigenvalue weighted by molar-refractivity contribution is 9.10. The Balaban J connectivity index is 2.48. The van der Waals surface area contributed by atoms with Gasteiger partial charge >= 0.3 is 0 Å². The lowest BCUT2D eigenvalue weighted by atomic mass is 9.91. The highest BCUT2D eigenvalue weighted by Crippen LogP contribution is 2.31. The number of benzene rings is 1. The second-order valence-electron chi connectivity index (χ2n) is 6.07. The van der Waals surface area contributed by atoms with E-state index in [0.29, 0.717) is 11.5 Å². The molecule has 0 aliphatic rings. The molecule has 0 unspecified atom stereocenters. The maximum atomic E-state index is 10.9. The Morgan fingerprint density at radius 1 is 1.43 bits per heavy atom. The zero-order chi connectivity index (χ0) is 15.8. The molecule has 0 aliphatic carbocycles. The molecule has 2 N–H and O–H groups in total. The summed E-state index contributed by atoms with van der Waals surface area (Å²) < 4.78 is 2.27. The number of hydrogen-bond acceptors (Lipinski definition) is 4. The van der Waals surface area contributed by atoms with Gasteiger partial charge in [-0.05, 0) is 33.8 Å². The van der Waals surface area contributed by atoms with Crippen LogP contribution in [-0.4, -0.2) is 14.7 Å². The first-order valence-corrected chi connectivity index (χ1v) is 7.26. The van der Waals surface area contributed by atoms with Crippen molar-refractivity contribution in [2.24, 2.45) is 5.41 Å². The molecule has 0 saturated carbocycles. The Hall–Kier alpha value is -1.89. The number of hydrogen-bond donors (Lipinski definition) is 1. The van der Waals surface area contributed by atoms with Crippen molar-refractivity contribution in [2.45, 2.75) is 27.2 Å². The molecule has 0 amide bonds. The maximum Gasteiger partial charge on any atom is 0.271 e. The molecule has 1 aromatic heterocycles. The van der Waals surface area contributed by atoms with Gasteiger partial charge in [0.05, 0.1) is 20.8 Å². The van der Waals surface area contributed by atoms with Gasteiger partial charge in [0.1, 0.15) is 5.82 Å². The van der Waals surface area contributed by atoms with E-state index in [9.17, 15) is 10.1 Å². The highest BCUT2D eigenvalue weighted by Gasteiger charge is 2.21. The Morgan fingerprint density at radius 3 is 2.67 bits per heavy atom. The number of nitro benzene ring substituents is 1. The second-order valence-corrected chi connectivity index (χ2v) is 6.87. The van der Waals surface area contributed by atoms with Crippen LogP contribution in [0.1, 0.15) is 26.5 Å². The van der Waals surface area contributed by atoms with Gasteiger partial charge in [0.15, 0.2) is 0 Å². The summed E-state index contributed by atoms with van der Waals surface area (Å²) in [6, 6.07) is 6.25. The molecular formula is C14H17BrN4O2. The first-order valence-electron chi connectivity index (χ1n) is 6.47. The summed E-state index contributed by atoms with van der Waals surface area (Å²) in [5.41, 5.74) is 7.55. The number of nitrogen functional groups attached to an aromatic ring is 1. The van der Waals surface area contributed by atoms with Gasteiger partial charge in [-0.25, -0.2) is 4.68 Å². The van der Waals surface area contributed by atoms with Gasteiger partial charge < -0.3 is 5.73 Å². The summed E-state index contributed by atoms with van der Waals surface area (Å²) in [5.74, 6) is 0.440. The highest BCUT2D eigenvalue weighted by atomic mass is 79.9. The van der Waals surface area contributed by atoms with E-state index in [-0.39, 0.29) is 11.1 Å². The molecule has 0 bridgehead atoms. The van der Waals surface area contributed by atoms with Crippen LogP contribution in [0.4, 0.5) is 11.5 Å². The molecule has 21 heavy (non-hydrogen) atoms. The summed E-state index contributed by atoms with van der Waals surface area (Å²) in [6.45, 7) is 6.34. The first-order chi connectivity index (χ1) is 9.69. The van der Waals surface area contributed by atoms with Gasteiger partial charge in [0, 0.05) is 12.1 Å². The van der Waals surface area contributed by atoms with E-state index in [0.717, 1.165) is 16.6 Å². The van der Waals surface area contributed by atoms with E-state index in [1.807, 2.05) is 0 Å². The Kier molecular flexibility index (Phi) is 4.04. The number of rotatable bonds is 3. The third-order valence-electron chi connectivity index (χ3n) is 2.91. The van der Waals surface area contributed by atoms with Crippen molar-refractivity contribution in [2.75, 3.05) is 5.73 Å². The topological polar surface area (TPSA) is 87.0 Å². The fraction of sp³-hybridized carbons (Fsp3) is 0.357. The van der Waals surface area contributed by atoms with Crippen LogP contribution in [0.5, 0.6) is 0 Å². The third kappa shape index (κ3) is 3.41. The predicted molar refractivity (Wildman–Crippen MR) is 85.5 cm³/mol. The van der Waals surface area contributed by atoms with Gasteiger partial charge in [0.2, 0.25) is 0 Å². The molecule has 1 heterocycles. The van der Waals surface area contributed by atoms with Crippen molar-refractivity contribution in [3.8, 4) is 5.69 Å². The molecular weight excluding hydrogens is 336 g/mol. The van der Waals surface area contributed by atoms with Crippen LogP contribution in [0, 0.1) is 15.5 Å². The van der Waals surface area contributed by atoms with Crippen LogP contribution < -0.4 is 5.73 Å². The van der Waals surface area contributed by atoms with E-state index in [4.69, 9.17) is 5.73 Å². The molecule has 6 nitrogen and oxygen atoms in total. The van der Waals surface area contributed by atoms with Crippen LogP contribution >= 0.6 is 15.9 Å². The normalized spacial score (nSPS) is 11.6. The van der Waals surface area contributed by atoms with E-state index in [1.165, 1.54) is 16.8 Å². The standard InChI is InChI=1S/C14H17BrN4O2/c1-14(2,3)8-11-12(15)13(16)18(17-11)9-5-4-6-10(7-9)19(20)21/h4-7H,8,16H2,1-3H3. The minimum atomic E-state index is -0.436. The summed E-state index contributed by atoms with van der Waals surface area (Å²) in [4.78, 5) is 10.4. The number of nitro groups is 1. The molecule has 1 aromatic carbocycles. The molecule has 0 spiro atoms. The number of nitrogens with two attached hydrogens (primary N) is 1. The fourth-order valence-electron chi connectivity index (χ4n) is 2.01. The van der Waals surface area contributed by atoms with E-state index >= 15 is 0 Å². The summed E-state index contributed by atoms with van der Waals surface area (Å²) in [7, 11) is 0. The lowest BCUT2D eigenvalue weighted by Gasteiger charge is -2.16. The Bertz CT molecular complexity index is 689. The van der Waals surface area contributed by atoms with E-state index in [2.05, 4.69) is 41.8 Å². The zero-order valence-electron chi connectivity index (χ0n) is 12.1. The van der Waals surface area contributed by atoms with Gasteiger partial charge in [0.25, 0.3) is 5.69 Å². The van der Waals surface area contributed by atoms with Crippen LogP contribution in [0.25, 0.3) is 5.69 Å². The smallest absolute Gasteiger partial charge is 0.271 e. The van der Waals surface area contributed by atoms with Gasteiger partial charge in [-0.15, -0.1) is 0 Å². The van der Waals surface area contributed by atoms with Crippen molar-refractivity contribution < 1.29 is 4.92 Å². The molecule has 0 fully saturated rings. The number of anilines is 1. The lowest BCUT2D eigenvalue weighted by molar-refractivity contribution is -0.384. The number of halogens is 1. The third-order valence-corrected chi connectivity index (χ3v) is 3.77. The van der Waals surface area contributed by atoms with Gasteiger partial charge in [-0.3, -0.25) is 10.1 Å². The maximum absolute atomic E-state index is 10.9. The Labute approximate surface area is 131 Å². The molecule has 112 valence electrons. The molecule has 2 aromatic rings. The second kappa shape index (κ2) is 5.48. The SMILES string of the molecule is CC(C)(C)Cc1nn(-c2cccc([N+](=O)[O-])c2)c(N)c1Br. The average Bonchev–Trinajstić information content (AvgIpc) is 2.65. The summed E-state index contributed by atoms with van der Waals surface area (Å²) >= 11 is 3.46. The number of nitrogens with zero attached hydrogens (tertiary/aromatic N) is 3. The molecule has 2 rings (SSSR count). The van der Waals surface area contributed by atoms with Crippen molar-refractivity contribution in [1.29, 1.82) is 0 Å². The Morgan fingerprint density at radius 2 is 2.10 bits per heavy atom. The minimum Gasteiger partial charge on any atom is -0.383 e.